The Kier molecular flexibility index (Phi) is 3.74. The average molecular weight is 336 g/mol. The molecule has 0 N–H and O–H groups in total. The van der Waals surface area contributed by atoms with Gasteiger partial charge in [-0.15, -0.1) is 11.3 Å². The van der Waals surface area contributed by atoms with Crippen LogP contribution in [0.25, 0.3) is 21.3 Å². The van der Waals surface area contributed by atoms with Gasteiger partial charge >= 0.3 is 0 Å². The molecule has 0 aliphatic rings. The fourth-order valence-electron chi connectivity index (χ4n) is 2.85. The standard InChI is InChI=1S/C18H16N4OS/c1-2-21-10-9-19-16(21)12-22-18(23)14-7-4-3-6-13(14)17(20-22)15-8-5-11-24-15/h3-11H,2,12H2,1H3. The Labute approximate surface area is 142 Å². The molecule has 0 unspecified atom stereocenters. The highest BCUT2D eigenvalue weighted by Crippen LogP contribution is 2.28. The van der Waals surface area contributed by atoms with Crippen LogP contribution in [0.4, 0.5) is 0 Å². The first-order valence-electron chi connectivity index (χ1n) is 7.81. The van der Waals surface area contributed by atoms with Crippen molar-refractivity contribution in [3.8, 4) is 10.6 Å². The molecule has 0 amide bonds. The molecular weight excluding hydrogens is 320 g/mol. The first-order chi connectivity index (χ1) is 11.8. The molecule has 6 heteroatoms. The average Bonchev–Trinajstić information content (AvgIpc) is 3.29. The van der Waals surface area contributed by atoms with Crippen molar-refractivity contribution < 1.29 is 0 Å². The molecule has 0 saturated heterocycles. The minimum atomic E-state index is -0.0865. The molecule has 0 fully saturated rings. The normalized spacial score (nSPS) is 11.2. The summed E-state index contributed by atoms with van der Waals surface area (Å²) in [6, 6.07) is 11.7. The SMILES string of the molecule is CCn1ccnc1Cn1nc(-c2cccs2)c2ccccc2c1=O. The number of aryl methyl sites for hydroxylation is 1. The molecule has 3 heterocycles. The lowest BCUT2D eigenvalue weighted by atomic mass is 10.1. The summed E-state index contributed by atoms with van der Waals surface area (Å²) in [6.45, 7) is 3.23. The number of rotatable bonds is 4. The van der Waals surface area contributed by atoms with Crippen LogP contribution in [0.15, 0.2) is 59.0 Å². The first-order valence-corrected chi connectivity index (χ1v) is 8.69. The van der Waals surface area contributed by atoms with E-state index >= 15 is 0 Å². The van der Waals surface area contributed by atoms with Crippen molar-refractivity contribution in [1.29, 1.82) is 0 Å². The number of nitrogens with zero attached hydrogens (tertiary/aromatic N) is 4. The molecule has 0 atom stereocenters. The van der Waals surface area contributed by atoms with E-state index in [9.17, 15) is 4.79 Å². The van der Waals surface area contributed by atoms with E-state index in [2.05, 4.69) is 17.0 Å². The van der Waals surface area contributed by atoms with Gasteiger partial charge in [0.2, 0.25) is 0 Å². The predicted molar refractivity (Wildman–Crippen MR) is 96.3 cm³/mol. The Morgan fingerprint density at radius 3 is 2.71 bits per heavy atom. The summed E-state index contributed by atoms with van der Waals surface area (Å²) >= 11 is 1.62. The van der Waals surface area contributed by atoms with E-state index < -0.39 is 0 Å². The molecule has 0 aliphatic carbocycles. The summed E-state index contributed by atoms with van der Waals surface area (Å²) in [5, 5.41) is 8.25. The van der Waals surface area contributed by atoms with Crippen LogP contribution in [-0.2, 0) is 13.1 Å². The van der Waals surface area contributed by atoms with E-state index in [4.69, 9.17) is 0 Å². The molecule has 4 aromatic rings. The van der Waals surface area contributed by atoms with Gasteiger partial charge in [-0.25, -0.2) is 9.67 Å². The molecule has 5 nitrogen and oxygen atoms in total. The van der Waals surface area contributed by atoms with Crippen molar-refractivity contribution in [2.24, 2.45) is 0 Å². The third-order valence-corrected chi connectivity index (χ3v) is 4.93. The quantitative estimate of drug-likeness (QED) is 0.574. The summed E-state index contributed by atoms with van der Waals surface area (Å²) in [6.07, 6.45) is 3.67. The van der Waals surface area contributed by atoms with Crippen molar-refractivity contribution in [1.82, 2.24) is 19.3 Å². The zero-order valence-corrected chi connectivity index (χ0v) is 14.0. The van der Waals surface area contributed by atoms with Gasteiger partial charge in [0.1, 0.15) is 18.1 Å². The van der Waals surface area contributed by atoms with E-state index in [1.54, 1.807) is 17.5 Å². The maximum Gasteiger partial charge on any atom is 0.275 e. The summed E-state index contributed by atoms with van der Waals surface area (Å²) in [7, 11) is 0. The lowest BCUT2D eigenvalue weighted by Crippen LogP contribution is -2.25. The Bertz CT molecular complexity index is 1050. The highest BCUT2D eigenvalue weighted by Gasteiger charge is 2.14. The Morgan fingerprint density at radius 2 is 1.96 bits per heavy atom. The zero-order valence-electron chi connectivity index (χ0n) is 13.2. The van der Waals surface area contributed by atoms with Crippen molar-refractivity contribution >= 4 is 22.1 Å². The lowest BCUT2D eigenvalue weighted by Gasteiger charge is -2.11. The highest BCUT2D eigenvalue weighted by atomic mass is 32.1. The minimum Gasteiger partial charge on any atom is -0.334 e. The van der Waals surface area contributed by atoms with Crippen LogP contribution in [0.2, 0.25) is 0 Å². The molecule has 3 aromatic heterocycles. The minimum absolute atomic E-state index is 0.0865. The van der Waals surface area contributed by atoms with Gasteiger partial charge in [-0.1, -0.05) is 24.3 Å². The van der Waals surface area contributed by atoms with Gasteiger partial charge in [0.25, 0.3) is 5.56 Å². The van der Waals surface area contributed by atoms with Crippen LogP contribution >= 0.6 is 11.3 Å². The Balaban J connectivity index is 1.93. The molecule has 120 valence electrons. The summed E-state index contributed by atoms with van der Waals surface area (Å²) in [5.74, 6) is 0.833. The second-order valence-corrected chi connectivity index (χ2v) is 6.41. The van der Waals surface area contributed by atoms with E-state index in [1.165, 1.54) is 4.68 Å². The largest absolute Gasteiger partial charge is 0.334 e. The number of hydrogen-bond donors (Lipinski definition) is 0. The Hall–Kier alpha value is -2.73. The van der Waals surface area contributed by atoms with Gasteiger partial charge in [-0.05, 0) is 24.4 Å². The van der Waals surface area contributed by atoms with E-state index in [-0.39, 0.29) is 5.56 Å². The van der Waals surface area contributed by atoms with Crippen LogP contribution < -0.4 is 5.56 Å². The Morgan fingerprint density at radius 1 is 1.12 bits per heavy atom. The first kappa shape index (κ1) is 14.8. The number of benzene rings is 1. The van der Waals surface area contributed by atoms with Crippen molar-refractivity contribution in [2.75, 3.05) is 0 Å². The summed E-state index contributed by atoms with van der Waals surface area (Å²) in [5.41, 5.74) is 0.756. The maximum absolute atomic E-state index is 12.8. The second kappa shape index (κ2) is 6.05. The zero-order chi connectivity index (χ0) is 16.5. The molecule has 0 aliphatic heterocycles. The second-order valence-electron chi connectivity index (χ2n) is 5.46. The fraction of sp³-hybridized carbons (Fsp3) is 0.167. The number of aromatic nitrogens is 4. The number of thiophene rings is 1. The van der Waals surface area contributed by atoms with Crippen LogP contribution in [0.1, 0.15) is 12.7 Å². The van der Waals surface area contributed by atoms with Gasteiger partial charge < -0.3 is 4.57 Å². The van der Waals surface area contributed by atoms with E-state index in [1.807, 2.05) is 52.5 Å². The summed E-state index contributed by atoms with van der Waals surface area (Å²) in [4.78, 5) is 18.3. The van der Waals surface area contributed by atoms with Crippen molar-refractivity contribution in [3.05, 3.63) is 70.4 Å². The van der Waals surface area contributed by atoms with Crippen LogP contribution in [0, 0.1) is 0 Å². The third kappa shape index (κ3) is 2.45. The van der Waals surface area contributed by atoms with Gasteiger partial charge in [0, 0.05) is 24.3 Å². The lowest BCUT2D eigenvalue weighted by molar-refractivity contribution is 0.587. The van der Waals surface area contributed by atoms with Crippen molar-refractivity contribution in [2.45, 2.75) is 20.0 Å². The van der Waals surface area contributed by atoms with E-state index in [0.29, 0.717) is 11.9 Å². The van der Waals surface area contributed by atoms with Gasteiger partial charge in [-0.2, -0.15) is 5.10 Å². The monoisotopic (exact) mass is 336 g/mol. The maximum atomic E-state index is 12.8. The van der Waals surface area contributed by atoms with Crippen LogP contribution in [0.5, 0.6) is 0 Å². The molecule has 0 saturated carbocycles. The fourth-order valence-corrected chi connectivity index (χ4v) is 3.57. The smallest absolute Gasteiger partial charge is 0.275 e. The molecular formula is C18H16N4OS. The van der Waals surface area contributed by atoms with Gasteiger partial charge in [0.05, 0.1) is 10.3 Å². The molecule has 1 aromatic carbocycles. The highest BCUT2D eigenvalue weighted by molar-refractivity contribution is 7.13. The molecule has 0 bridgehead atoms. The van der Waals surface area contributed by atoms with Crippen LogP contribution in [0.3, 0.4) is 0 Å². The molecule has 0 radical (unpaired) electrons. The predicted octanol–water partition coefficient (Wildman–Crippen LogP) is 3.39. The molecule has 4 rings (SSSR count). The van der Waals surface area contributed by atoms with Crippen LogP contribution in [-0.4, -0.2) is 19.3 Å². The topological polar surface area (TPSA) is 52.7 Å². The third-order valence-electron chi connectivity index (χ3n) is 4.06. The summed E-state index contributed by atoms with van der Waals surface area (Å²) < 4.78 is 3.54. The van der Waals surface area contributed by atoms with Crippen molar-refractivity contribution in [3.63, 3.8) is 0 Å². The number of fused-ring (bicyclic) bond motifs is 1. The molecule has 24 heavy (non-hydrogen) atoms. The number of imidazole rings is 1. The number of hydrogen-bond acceptors (Lipinski definition) is 4. The van der Waals surface area contributed by atoms with E-state index in [0.717, 1.165) is 28.3 Å². The van der Waals surface area contributed by atoms with Gasteiger partial charge in [-0.3, -0.25) is 4.79 Å². The molecule has 0 spiro atoms. The van der Waals surface area contributed by atoms with Gasteiger partial charge in [0.15, 0.2) is 0 Å².